The summed E-state index contributed by atoms with van der Waals surface area (Å²) < 4.78 is 29.7. The lowest BCUT2D eigenvalue weighted by atomic mass is 10.1. The van der Waals surface area contributed by atoms with E-state index in [2.05, 4.69) is 9.72 Å². The lowest BCUT2D eigenvalue weighted by Gasteiger charge is -2.07. The number of alkyl halides is 2. The topological polar surface area (TPSA) is 59.4 Å². The third kappa shape index (κ3) is 3.15. The van der Waals surface area contributed by atoms with Gasteiger partial charge in [-0.1, -0.05) is 0 Å². The average Bonchev–Trinajstić information content (AvgIpc) is 2.20. The van der Waals surface area contributed by atoms with Gasteiger partial charge in [-0.2, -0.15) is 0 Å². The van der Waals surface area contributed by atoms with Crippen LogP contribution in [0.1, 0.15) is 24.6 Å². The van der Waals surface area contributed by atoms with Gasteiger partial charge in [0.1, 0.15) is 5.75 Å². The maximum atomic E-state index is 12.5. The number of aromatic hydroxyl groups is 1. The monoisotopic (exact) mass is 231 g/mol. The van der Waals surface area contributed by atoms with Crippen molar-refractivity contribution < 1.29 is 23.4 Å². The van der Waals surface area contributed by atoms with Gasteiger partial charge in [-0.25, -0.2) is 8.78 Å². The van der Waals surface area contributed by atoms with Gasteiger partial charge in [0.05, 0.1) is 24.9 Å². The van der Waals surface area contributed by atoms with Crippen LogP contribution in [-0.2, 0) is 16.0 Å². The highest BCUT2D eigenvalue weighted by Crippen LogP contribution is 2.25. The number of pyridine rings is 1. The number of ether oxygens (including phenoxy) is 1. The predicted molar refractivity (Wildman–Crippen MR) is 51.2 cm³/mol. The third-order valence-electron chi connectivity index (χ3n) is 1.84. The molecule has 0 atom stereocenters. The lowest BCUT2D eigenvalue weighted by Crippen LogP contribution is -2.11. The quantitative estimate of drug-likeness (QED) is 0.803. The van der Waals surface area contributed by atoms with Gasteiger partial charge < -0.3 is 9.84 Å². The second-order valence-corrected chi connectivity index (χ2v) is 3.01. The normalized spacial score (nSPS) is 10.5. The minimum atomic E-state index is -2.79. The summed E-state index contributed by atoms with van der Waals surface area (Å²) in [5.74, 6) is -0.981. The molecular weight excluding hydrogens is 220 g/mol. The van der Waals surface area contributed by atoms with Crippen molar-refractivity contribution >= 4 is 5.97 Å². The van der Waals surface area contributed by atoms with Crippen LogP contribution in [0.3, 0.4) is 0 Å². The Hall–Kier alpha value is -1.72. The van der Waals surface area contributed by atoms with Crippen LogP contribution in [0.4, 0.5) is 8.78 Å². The van der Waals surface area contributed by atoms with Gasteiger partial charge in [-0.3, -0.25) is 9.78 Å². The van der Waals surface area contributed by atoms with Gasteiger partial charge in [0.25, 0.3) is 6.43 Å². The first-order chi connectivity index (χ1) is 7.54. The van der Waals surface area contributed by atoms with Gasteiger partial charge in [0, 0.05) is 5.56 Å². The van der Waals surface area contributed by atoms with Crippen LogP contribution in [0.2, 0.25) is 0 Å². The highest BCUT2D eigenvalue weighted by Gasteiger charge is 2.17. The highest BCUT2D eigenvalue weighted by molar-refractivity contribution is 5.72. The molecule has 1 aromatic rings. The van der Waals surface area contributed by atoms with Crippen LogP contribution in [0.5, 0.6) is 5.75 Å². The number of hydrogen-bond donors (Lipinski definition) is 1. The Morgan fingerprint density at radius 1 is 1.62 bits per heavy atom. The van der Waals surface area contributed by atoms with E-state index in [-0.39, 0.29) is 24.5 Å². The van der Waals surface area contributed by atoms with Crippen molar-refractivity contribution in [2.45, 2.75) is 19.8 Å². The molecular formula is C10H11F2NO3. The molecule has 1 rings (SSSR count). The molecule has 0 spiro atoms. The SMILES string of the molecule is CCOC(=O)Cc1ncc(O)cc1C(F)F. The van der Waals surface area contributed by atoms with E-state index >= 15 is 0 Å². The van der Waals surface area contributed by atoms with E-state index in [0.29, 0.717) is 0 Å². The van der Waals surface area contributed by atoms with E-state index in [1.807, 2.05) is 0 Å². The summed E-state index contributed by atoms with van der Waals surface area (Å²) in [6.45, 7) is 1.80. The van der Waals surface area contributed by atoms with Gasteiger partial charge >= 0.3 is 5.97 Å². The van der Waals surface area contributed by atoms with E-state index in [1.54, 1.807) is 6.92 Å². The number of esters is 1. The molecule has 0 aliphatic rings. The standard InChI is InChI=1S/C10H11F2NO3/c1-2-16-9(15)4-8-7(10(11)12)3-6(14)5-13-8/h3,5,10,14H,2,4H2,1H3. The van der Waals surface area contributed by atoms with Crippen molar-refractivity contribution in [1.82, 2.24) is 4.98 Å². The summed E-state index contributed by atoms with van der Waals surface area (Å²) in [5, 5.41) is 9.01. The molecule has 0 unspecified atom stereocenters. The zero-order valence-electron chi connectivity index (χ0n) is 8.61. The Morgan fingerprint density at radius 3 is 2.88 bits per heavy atom. The fourth-order valence-electron chi connectivity index (χ4n) is 1.18. The zero-order chi connectivity index (χ0) is 12.1. The first-order valence-corrected chi connectivity index (χ1v) is 4.66. The van der Waals surface area contributed by atoms with Crippen LogP contribution in [0.15, 0.2) is 12.3 Å². The van der Waals surface area contributed by atoms with E-state index < -0.39 is 18.0 Å². The van der Waals surface area contributed by atoms with Crippen LogP contribution in [0.25, 0.3) is 0 Å². The number of carbonyl (C=O) groups excluding carboxylic acids is 1. The molecule has 16 heavy (non-hydrogen) atoms. The molecule has 0 amide bonds. The molecule has 1 N–H and O–H groups in total. The van der Waals surface area contributed by atoms with Crippen molar-refractivity contribution in [1.29, 1.82) is 0 Å². The van der Waals surface area contributed by atoms with Crippen LogP contribution < -0.4 is 0 Å². The van der Waals surface area contributed by atoms with Gasteiger partial charge in [-0.15, -0.1) is 0 Å². The summed E-state index contributed by atoms with van der Waals surface area (Å²) in [5.41, 5.74) is -0.528. The van der Waals surface area contributed by atoms with Crippen LogP contribution >= 0.6 is 0 Å². The number of aromatic nitrogens is 1. The van der Waals surface area contributed by atoms with Crippen molar-refractivity contribution in [3.8, 4) is 5.75 Å². The number of hydrogen-bond acceptors (Lipinski definition) is 4. The molecule has 0 aliphatic heterocycles. The summed E-state index contributed by atoms with van der Waals surface area (Å²) >= 11 is 0. The smallest absolute Gasteiger partial charge is 0.311 e. The predicted octanol–water partition coefficient (Wildman–Crippen LogP) is 1.83. The van der Waals surface area contributed by atoms with Crippen molar-refractivity contribution in [3.05, 3.63) is 23.5 Å². The molecule has 6 heteroatoms. The molecule has 0 aliphatic carbocycles. The third-order valence-corrected chi connectivity index (χ3v) is 1.84. The second-order valence-electron chi connectivity index (χ2n) is 3.01. The lowest BCUT2D eigenvalue weighted by molar-refractivity contribution is -0.142. The second kappa shape index (κ2) is 5.39. The van der Waals surface area contributed by atoms with Crippen molar-refractivity contribution in [3.63, 3.8) is 0 Å². The Balaban J connectivity index is 2.90. The summed E-state index contributed by atoms with van der Waals surface area (Å²) in [4.78, 5) is 14.7. The zero-order valence-corrected chi connectivity index (χ0v) is 8.61. The molecule has 88 valence electrons. The van der Waals surface area contributed by atoms with Gasteiger partial charge in [0.2, 0.25) is 0 Å². The first-order valence-electron chi connectivity index (χ1n) is 4.66. The first kappa shape index (κ1) is 12.4. The minimum Gasteiger partial charge on any atom is -0.506 e. The van der Waals surface area contributed by atoms with Crippen LogP contribution in [-0.4, -0.2) is 22.7 Å². The van der Waals surface area contributed by atoms with E-state index in [0.717, 1.165) is 12.3 Å². The average molecular weight is 231 g/mol. The van der Waals surface area contributed by atoms with Gasteiger partial charge in [-0.05, 0) is 13.0 Å². The fourth-order valence-corrected chi connectivity index (χ4v) is 1.18. The Morgan fingerprint density at radius 2 is 2.31 bits per heavy atom. The maximum Gasteiger partial charge on any atom is 0.311 e. The van der Waals surface area contributed by atoms with E-state index in [1.165, 1.54) is 0 Å². The number of rotatable bonds is 4. The molecule has 0 saturated heterocycles. The van der Waals surface area contributed by atoms with Crippen molar-refractivity contribution in [2.24, 2.45) is 0 Å². The van der Waals surface area contributed by atoms with Crippen LogP contribution in [0, 0.1) is 0 Å². The Kier molecular flexibility index (Phi) is 4.16. The van der Waals surface area contributed by atoms with E-state index in [4.69, 9.17) is 5.11 Å². The highest BCUT2D eigenvalue weighted by atomic mass is 19.3. The number of halogens is 2. The van der Waals surface area contributed by atoms with Gasteiger partial charge in [0.15, 0.2) is 0 Å². The molecule has 0 radical (unpaired) electrons. The summed E-state index contributed by atoms with van der Waals surface area (Å²) in [7, 11) is 0. The maximum absolute atomic E-state index is 12.5. The molecule has 1 heterocycles. The largest absolute Gasteiger partial charge is 0.506 e. The Bertz CT molecular complexity index is 382. The molecule has 1 aromatic heterocycles. The number of nitrogens with zero attached hydrogens (tertiary/aromatic N) is 1. The Labute approximate surface area is 90.9 Å². The number of carbonyl (C=O) groups is 1. The fraction of sp³-hybridized carbons (Fsp3) is 0.400. The molecule has 0 saturated carbocycles. The molecule has 0 bridgehead atoms. The minimum absolute atomic E-state index is 0.0775. The van der Waals surface area contributed by atoms with E-state index in [9.17, 15) is 13.6 Å². The summed E-state index contributed by atoms with van der Waals surface area (Å²) in [6.07, 6.45) is -2.10. The van der Waals surface area contributed by atoms with Crippen molar-refractivity contribution in [2.75, 3.05) is 6.61 Å². The molecule has 0 fully saturated rings. The summed E-state index contributed by atoms with van der Waals surface area (Å²) in [6, 6.07) is 0.895. The molecule has 4 nitrogen and oxygen atoms in total. The molecule has 0 aromatic carbocycles.